The molecule has 17 heavy (non-hydrogen) atoms. The van der Waals surface area contributed by atoms with Crippen molar-refractivity contribution in [3.8, 4) is 11.3 Å². The van der Waals surface area contributed by atoms with Crippen molar-refractivity contribution in [3.63, 3.8) is 0 Å². The van der Waals surface area contributed by atoms with E-state index in [1.807, 2.05) is 0 Å². The number of nitrogens with zero attached hydrogens (tertiary/aromatic N) is 1. The molecule has 0 radical (unpaired) electrons. The molecular weight excluding hydrogens is 323 g/mol. The summed E-state index contributed by atoms with van der Waals surface area (Å²) in [5, 5.41) is 1.84. The van der Waals surface area contributed by atoms with E-state index >= 15 is 0 Å². The number of aromatic nitrogens is 1. The lowest BCUT2D eigenvalue weighted by molar-refractivity contribution is 1.32. The zero-order chi connectivity index (χ0) is 12.6. The van der Waals surface area contributed by atoms with Gasteiger partial charge in [0.05, 0.1) is 20.8 Å². The van der Waals surface area contributed by atoms with E-state index in [9.17, 15) is 0 Å². The van der Waals surface area contributed by atoms with Crippen molar-refractivity contribution in [2.45, 2.75) is 0 Å². The number of halogens is 5. The molecule has 1 aromatic heterocycles. The first-order valence-corrected chi connectivity index (χ1v) is 6.35. The first-order valence-electron chi connectivity index (χ1n) is 4.46. The Labute approximate surface area is 123 Å². The highest BCUT2D eigenvalue weighted by atomic mass is 35.5. The summed E-state index contributed by atoms with van der Waals surface area (Å²) in [6.45, 7) is 0. The van der Waals surface area contributed by atoms with Crippen molar-refractivity contribution in [1.82, 2.24) is 4.98 Å². The van der Waals surface area contributed by atoms with Crippen molar-refractivity contribution >= 4 is 58.0 Å². The van der Waals surface area contributed by atoms with Gasteiger partial charge < -0.3 is 0 Å². The van der Waals surface area contributed by atoms with E-state index in [0.29, 0.717) is 31.3 Å². The van der Waals surface area contributed by atoms with Gasteiger partial charge in [0, 0.05) is 10.6 Å². The summed E-state index contributed by atoms with van der Waals surface area (Å²) in [5.41, 5.74) is 1.13. The molecule has 6 heteroatoms. The van der Waals surface area contributed by atoms with Crippen LogP contribution in [0.3, 0.4) is 0 Å². The molecule has 0 atom stereocenters. The highest BCUT2D eigenvalue weighted by Gasteiger charge is 2.12. The van der Waals surface area contributed by atoms with Crippen molar-refractivity contribution in [1.29, 1.82) is 0 Å². The first-order chi connectivity index (χ1) is 7.99. The van der Waals surface area contributed by atoms with Crippen molar-refractivity contribution in [3.05, 3.63) is 49.5 Å². The van der Waals surface area contributed by atoms with Gasteiger partial charge in [-0.05, 0) is 24.3 Å². The van der Waals surface area contributed by atoms with Gasteiger partial charge in [-0.2, -0.15) is 0 Å². The molecule has 2 aromatic rings. The number of hydrogen-bond acceptors (Lipinski definition) is 1. The second-order valence-corrected chi connectivity index (χ2v) is 5.23. The van der Waals surface area contributed by atoms with Gasteiger partial charge in [-0.3, -0.25) is 0 Å². The quantitative estimate of drug-likeness (QED) is 0.584. The molecule has 0 aliphatic carbocycles. The minimum atomic E-state index is 0.178. The van der Waals surface area contributed by atoms with Crippen LogP contribution in [0.5, 0.6) is 0 Å². The third-order valence-corrected chi connectivity index (χ3v) is 3.58. The summed E-state index contributed by atoms with van der Waals surface area (Å²) < 4.78 is 0. The van der Waals surface area contributed by atoms with Crippen LogP contribution in [-0.4, -0.2) is 4.98 Å². The molecule has 0 spiro atoms. The Bertz CT molecular complexity index is 582. The van der Waals surface area contributed by atoms with Gasteiger partial charge in [0.15, 0.2) is 0 Å². The third kappa shape index (κ3) is 2.81. The second kappa shape index (κ2) is 5.21. The lowest BCUT2D eigenvalue weighted by atomic mass is 10.1. The molecule has 0 N–H and O–H groups in total. The molecule has 0 bridgehead atoms. The zero-order valence-corrected chi connectivity index (χ0v) is 11.9. The Morgan fingerprint density at radius 3 is 2.12 bits per heavy atom. The lowest BCUT2D eigenvalue weighted by Gasteiger charge is -2.07. The highest BCUT2D eigenvalue weighted by molar-refractivity contribution is 6.43. The Kier molecular flexibility index (Phi) is 4.06. The summed E-state index contributed by atoms with van der Waals surface area (Å²) in [7, 11) is 0. The predicted octanol–water partition coefficient (Wildman–Crippen LogP) is 6.02. The van der Waals surface area contributed by atoms with E-state index in [-0.39, 0.29) is 5.15 Å². The van der Waals surface area contributed by atoms with Crippen molar-refractivity contribution < 1.29 is 0 Å². The monoisotopic (exact) mass is 325 g/mol. The fraction of sp³-hybridized carbons (Fsp3) is 0. The van der Waals surface area contributed by atoms with Gasteiger partial charge in [-0.15, -0.1) is 0 Å². The van der Waals surface area contributed by atoms with Crippen LogP contribution in [0, 0.1) is 0 Å². The minimum absolute atomic E-state index is 0.178. The van der Waals surface area contributed by atoms with E-state index in [2.05, 4.69) is 4.98 Å². The second-order valence-electron chi connectivity index (χ2n) is 3.22. The number of pyridine rings is 1. The number of hydrogen-bond donors (Lipinski definition) is 0. The molecule has 2 rings (SSSR count). The fourth-order valence-corrected chi connectivity index (χ4v) is 2.41. The number of rotatable bonds is 1. The minimum Gasteiger partial charge on any atom is -0.233 e. The van der Waals surface area contributed by atoms with Gasteiger partial charge in [0.25, 0.3) is 0 Å². The largest absolute Gasteiger partial charge is 0.233 e. The molecule has 0 saturated carbocycles. The molecule has 0 aliphatic heterocycles. The smallest absolute Gasteiger partial charge is 0.148 e. The van der Waals surface area contributed by atoms with Crippen LogP contribution in [0.2, 0.25) is 25.2 Å². The average Bonchev–Trinajstić information content (AvgIpc) is 2.24. The van der Waals surface area contributed by atoms with Crippen LogP contribution >= 0.6 is 58.0 Å². The molecule has 1 heterocycles. The van der Waals surface area contributed by atoms with E-state index in [4.69, 9.17) is 58.0 Å². The molecule has 0 fully saturated rings. The zero-order valence-electron chi connectivity index (χ0n) is 8.15. The van der Waals surface area contributed by atoms with Gasteiger partial charge >= 0.3 is 0 Å². The molecule has 88 valence electrons. The number of benzene rings is 1. The van der Waals surface area contributed by atoms with Crippen LogP contribution in [-0.2, 0) is 0 Å². The van der Waals surface area contributed by atoms with E-state index < -0.39 is 0 Å². The first kappa shape index (κ1) is 13.3. The maximum absolute atomic E-state index is 6.07. The standard InChI is InChI=1S/C11H4Cl5N/c12-5-1-2-6(7(13)3-5)10-8(14)4-9(15)11(16)17-10/h1-4H. The maximum atomic E-state index is 6.07. The van der Waals surface area contributed by atoms with E-state index in [1.165, 1.54) is 6.07 Å². The van der Waals surface area contributed by atoms with Crippen LogP contribution in [0.1, 0.15) is 0 Å². The predicted molar refractivity (Wildman–Crippen MR) is 74.7 cm³/mol. The summed E-state index contributed by atoms with van der Waals surface area (Å²) in [5.74, 6) is 0. The van der Waals surface area contributed by atoms with Gasteiger partial charge in [0.2, 0.25) is 0 Å². The lowest BCUT2D eigenvalue weighted by Crippen LogP contribution is -1.88. The summed E-state index contributed by atoms with van der Waals surface area (Å²) in [6, 6.07) is 6.56. The Morgan fingerprint density at radius 2 is 1.47 bits per heavy atom. The Hall–Kier alpha value is -0.180. The Morgan fingerprint density at radius 1 is 0.765 bits per heavy atom. The van der Waals surface area contributed by atoms with Gasteiger partial charge in [-0.25, -0.2) is 4.98 Å². The van der Waals surface area contributed by atoms with E-state index in [1.54, 1.807) is 18.2 Å². The van der Waals surface area contributed by atoms with Crippen molar-refractivity contribution in [2.75, 3.05) is 0 Å². The van der Waals surface area contributed by atoms with Crippen LogP contribution in [0.4, 0.5) is 0 Å². The topological polar surface area (TPSA) is 12.9 Å². The molecule has 1 nitrogen and oxygen atoms in total. The van der Waals surface area contributed by atoms with Crippen LogP contribution < -0.4 is 0 Å². The molecule has 0 saturated heterocycles. The van der Waals surface area contributed by atoms with Crippen LogP contribution in [0.15, 0.2) is 24.3 Å². The fourth-order valence-electron chi connectivity index (χ4n) is 1.31. The molecule has 0 amide bonds. The van der Waals surface area contributed by atoms with Crippen LogP contribution in [0.25, 0.3) is 11.3 Å². The van der Waals surface area contributed by atoms with E-state index in [0.717, 1.165) is 0 Å². The molecule has 0 unspecified atom stereocenters. The maximum Gasteiger partial charge on any atom is 0.148 e. The normalized spacial score (nSPS) is 10.6. The summed E-state index contributed by atoms with van der Waals surface area (Å²) in [6.07, 6.45) is 0. The molecule has 0 aliphatic rings. The van der Waals surface area contributed by atoms with Gasteiger partial charge in [0.1, 0.15) is 5.15 Å². The SMILES string of the molecule is Clc1ccc(-c2nc(Cl)c(Cl)cc2Cl)c(Cl)c1. The van der Waals surface area contributed by atoms with Gasteiger partial charge in [-0.1, -0.05) is 58.0 Å². The highest BCUT2D eigenvalue weighted by Crippen LogP contribution is 2.36. The average molecular weight is 327 g/mol. The summed E-state index contributed by atoms with van der Waals surface area (Å²) >= 11 is 29.6. The molecular formula is C11H4Cl5N. The third-order valence-electron chi connectivity index (χ3n) is 2.07. The molecule has 1 aromatic carbocycles. The summed E-state index contributed by atoms with van der Waals surface area (Å²) in [4.78, 5) is 4.11. The Balaban J connectivity index is 2.64. The van der Waals surface area contributed by atoms with Crippen molar-refractivity contribution in [2.24, 2.45) is 0 Å².